The Hall–Kier alpha value is -3.29. The third-order valence-corrected chi connectivity index (χ3v) is 6.21. The van der Waals surface area contributed by atoms with Crippen LogP contribution >= 0.6 is 0 Å². The van der Waals surface area contributed by atoms with E-state index in [1.807, 2.05) is 13.8 Å². The summed E-state index contributed by atoms with van der Waals surface area (Å²) in [7, 11) is 2.80. The highest BCUT2D eigenvalue weighted by atomic mass is 19.3. The molecule has 1 saturated carbocycles. The molecule has 1 aliphatic heterocycles. The number of rotatable bonds is 11. The Morgan fingerprint density at radius 1 is 1.18 bits per heavy atom. The first-order chi connectivity index (χ1) is 18.8. The molecule has 13 heteroatoms. The van der Waals surface area contributed by atoms with Gasteiger partial charge in [0.15, 0.2) is 23.0 Å². The summed E-state index contributed by atoms with van der Waals surface area (Å²) in [6.07, 6.45) is 2.04. The van der Waals surface area contributed by atoms with Crippen LogP contribution < -0.4 is 15.2 Å². The van der Waals surface area contributed by atoms with Crippen molar-refractivity contribution in [3.8, 4) is 23.0 Å². The molecular weight excluding hydrogens is 518 g/mol. The van der Waals surface area contributed by atoms with Gasteiger partial charge in [0.25, 0.3) is 5.91 Å². The van der Waals surface area contributed by atoms with Crippen LogP contribution in [0.1, 0.15) is 42.9 Å². The average molecular weight is 555 g/mol. The highest BCUT2D eigenvalue weighted by Gasteiger charge is 2.37. The van der Waals surface area contributed by atoms with Gasteiger partial charge in [0.1, 0.15) is 6.04 Å². The number of aromatic nitrogens is 1. The van der Waals surface area contributed by atoms with Crippen LogP contribution in [-0.4, -0.2) is 86.5 Å². The topological polar surface area (TPSA) is 130 Å². The van der Waals surface area contributed by atoms with Crippen molar-refractivity contribution in [1.82, 2.24) is 14.8 Å². The highest BCUT2D eigenvalue weighted by Crippen LogP contribution is 2.36. The second-order valence-corrected chi connectivity index (χ2v) is 8.81. The quantitative estimate of drug-likeness (QED) is 0.414. The van der Waals surface area contributed by atoms with Crippen LogP contribution in [0.5, 0.6) is 11.5 Å². The molecule has 2 fully saturated rings. The van der Waals surface area contributed by atoms with E-state index < -0.39 is 24.5 Å². The number of ether oxygens (including phenoxy) is 4. The van der Waals surface area contributed by atoms with E-state index in [-0.39, 0.29) is 48.7 Å². The van der Waals surface area contributed by atoms with E-state index in [4.69, 9.17) is 24.4 Å². The number of benzene rings is 1. The Kier molecular flexibility index (Phi) is 11.0. The van der Waals surface area contributed by atoms with Crippen LogP contribution in [0.15, 0.2) is 22.6 Å². The predicted molar refractivity (Wildman–Crippen MR) is 136 cm³/mol. The zero-order valence-corrected chi connectivity index (χ0v) is 22.7. The Labute approximate surface area is 226 Å². The molecule has 0 spiro atoms. The fourth-order valence-corrected chi connectivity index (χ4v) is 4.05. The van der Waals surface area contributed by atoms with Gasteiger partial charge in [-0.25, -0.2) is 4.98 Å². The third-order valence-electron chi connectivity index (χ3n) is 6.21. The Bertz CT molecular complexity index is 1110. The van der Waals surface area contributed by atoms with Crippen molar-refractivity contribution in [3.05, 3.63) is 29.7 Å². The number of hydrogen-bond donors (Lipinski definition) is 1. The predicted octanol–water partition coefficient (Wildman–Crippen LogP) is 3.12. The molecule has 0 bridgehead atoms. The second-order valence-electron chi connectivity index (χ2n) is 8.81. The van der Waals surface area contributed by atoms with Crippen LogP contribution in [0.3, 0.4) is 0 Å². The summed E-state index contributed by atoms with van der Waals surface area (Å²) in [6.45, 7) is 2.25. The molecule has 39 heavy (non-hydrogen) atoms. The molecule has 1 aromatic heterocycles. The van der Waals surface area contributed by atoms with E-state index in [2.05, 4.69) is 9.72 Å². The molecule has 2 aromatic rings. The zero-order valence-electron chi connectivity index (χ0n) is 22.7. The van der Waals surface area contributed by atoms with E-state index in [1.165, 1.54) is 37.3 Å². The van der Waals surface area contributed by atoms with E-state index in [0.29, 0.717) is 31.2 Å². The maximum absolute atomic E-state index is 13.4. The van der Waals surface area contributed by atoms with Crippen molar-refractivity contribution in [1.29, 1.82) is 0 Å². The summed E-state index contributed by atoms with van der Waals surface area (Å²) in [5, 5.41) is 0. The SMILES string of the molecule is CC.COCN1CCN(C(=O)c2nc(-c3ccc(OC(F)F)c(OCC4CC4)c3)oc2CN)CC1C(=O)OC. The lowest BCUT2D eigenvalue weighted by Gasteiger charge is -2.39. The lowest BCUT2D eigenvalue weighted by molar-refractivity contribution is -0.151. The molecule has 2 heterocycles. The maximum Gasteiger partial charge on any atom is 0.387 e. The van der Waals surface area contributed by atoms with Crippen molar-refractivity contribution in [2.45, 2.75) is 45.9 Å². The normalized spacial score (nSPS) is 17.4. The standard InChI is InChI=1S/C24H30F2N4O7.C2H6/c1-33-13-30-8-7-29(11-16(30)23(32)34-2)22(31)20-19(10-27)36-21(28-20)15-5-6-17(37-24(25)26)18(9-15)35-12-14-3-4-14;1-2/h5-6,9,14,16,24H,3-4,7-8,10-13,27H2,1-2H3;1-2H3. The molecule has 1 unspecified atom stereocenters. The van der Waals surface area contributed by atoms with Crippen LogP contribution in [-0.2, 0) is 20.8 Å². The smallest absolute Gasteiger partial charge is 0.387 e. The minimum absolute atomic E-state index is 0.00895. The molecule has 2 N–H and O–H groups in total. The number of nitrogens with zero attached hydrogens (tertiary/aromatic N) is 3. The fraction of sp³-hybridized carbons (Fsp3) is 0.577. The lowest BCUT2D eigenvalue weighted by atomic mass is 10.1. The van der Waals surface area contributed by atoms with E-state index >= 15 is 0 Å². The van der Waals surface area contributed by atoms with Crippen molar-refractivity contribution in [2.24, 2.45) is 11.7 Å². The molecule has 2 aliphatic rings. The largest absolute Gasteiger partial charge is 0.489 e. The summed E-state index contributed by atoms with van der Waals surface area (Å²) < 4.78 is 51.9. The molecule has 1 aliphatic carbocycles. The number of carbonyl (C=O) groups is 2. The van der Waals surface area contributed by atoms with Crippen LogP contribution in [0, 0.1) is 5.92 Å². The first kappa shape index (κ1) is 30.3. The Morgan fingerprint density at radius 2 is 1.92 bits per heavy atom. The number of methoxy groups -OCH3 is 2. The van der Waals surface area contributed by atoms with E-state index in [0.717, 1.165) is 12.8 Å². The van der Waals surface area contributed by atoms with E-state index in [9.17, 15) is 18.4 Å². The Balaban J connectivity index is 0.00000205. The molecule has 1 amide bonds. The summed E-state index contributed by atoms with van der Waals surface area (Å²) in [6, 6.07) is 3.60. The number of halogens is 2. The third kappa shape index (κ3) is 7.64. The number of oxazole rings is 1. The minimum Gasteiger partial charge on any atom is -0.489 e. The molecule has 4 rings (SSSR count). The molecule has 0 radical (unpaired) electrons. The minimum atomic E-state index is -3.01. The number of alkyl halides is 2. The molecular formula is C26H36F2N4O7. The molecule has 216 valence electrons. The zero-order chi connectivity index (χ0) is 28.5. The van der Waals surface area contributed by atoms with Gasteiger partial charge in [-0.2, -0.15) is 8.78 Å². The molecule has 1 saturated heterocycles. The number of hydrogen-bond acceptors (Lipinski definition) is 10. The van der Waals surface area contributed by atoms with Gasteiger partial charge in [-0.3, -0.25) is 14.5 Å². The fourth-order valence-electron chi connectivity index (χ4n) is 4.05. The number of piperazine rings is 1. The second kappa shape index (κ2) is 14.2. The van der Waals surface area contributed by atoms with Crippen molar-refractivity contribution >= 4 is 11.9 Å². The number of esters is 1. The maximum atomic E-state index is 13.4. The van der Waals surface area contributed by atoms with Gasteiger partial charge in [-0.05, 0) is 37.0 Å². The van der Waals surface area contributed by atoms with Gasteiger partial charge in [-0.15, -0.1) is 0 Å². The number of nitrogens with two attached hydrogens (primary N) is 1. The van der Waals surface area contributed by atoms with Gasteiger partial charge in [-0.1, -0.05) is 13.8 Å². The van der Waals surface area contributed by atoms with E-state index in [1.54, 1.807) is 4.90 Å². The van der Waals surface area contributed by atoms with Gasteiger partial charge in [0.2, 0.25) is 5.89 Å². The highest BCUT2D eigenvalue weighted by molar-refractivity contribution is 5.94. The van der Waals surface area contributed by atoms with Crippen LogP contribution in [0.4, 0.5) is 8.78 Å². The van der Waals surface area contributed by atoms with Gasteiger partial charge < -0.3 is 34.0 Å². The summed E-state index contributed by atoms with van der Waals surface area (Å²) >= 11 is 0. The number of carbonyl (C=O) groups excluding carboxylic acids is 2. The summed E-state index contributed by atoms with van der Waals surface area (Å²) in [5.41, 5.74) is 6.24. The van der Waals surface area contributed by atoms with Crippen molar-refractivity contribution in [3.63, 3.8) is 0 Å². The Morgan fingerprint density at radius 3 is 2.54 bits per heavy atom. The monoisotopic (exact) mass is 554 g/mol. The van der Waals surface area contributed by atoms with Gasteiger partial charge in [0, 0.05) is 32.3 Å². The van der Waals surface area contributed by atoms with Gasteiger partial charge in [0.05, 0.1) is 27.0 Å². The first-order valence-corrected chi connectivity index (χ1v) is 12.9. The summed E-state index contributed by atoms with van der Waals surface area (Å²) in [5.74, 6) is -0.308. The van der Waals surface area contributed by atoms with Crippen molar-refractivity contribution < 1.29 is 41.7 Å². The van der Waals surface area contributed by atoms with Crippen LogP contribution in [0.2, 0.25) is 0 Å². The molecule has 11 nitrogen and oxygen atoms in total. The van der Waals surface area contributed by atoms with Crippen molar-refractivity contribution in [2.75, 3.05) is 47.2 Å². The van der Waals surface area contributed by atoms with Crippen LogP contribution in [0.25, 0.3) is 11.5 Å². The molecule has 1 atom stereocenters. The average Bonchev–Trinajstić information content (AvgIpc) is 3.68. The lowest BCUT2D eigenvalue weighted by Crippen LogP contribution is -2.58. The molecule has 1 aromatic carbocycles. The number of amides is 1. The van der Waals surface area contributed by atoms with Gasteiger partial charge >= 0.3 is 12.6 Å². The summed E-state index contributed by atoms with van der Waals surface area (Å²) in [4.78, 5) is 33.3. The first-order valence-electron chi connectivity index (χ1n) is 12.9.